The van der Waals surface area contributed by atoms with Gasteiger partial charge in [0.1, 0.15) is 0 Å². The molecule has 1 amide bonds. The summed E-state index contributed by atoms with van der Waals surface area (Å²) in [5, 5.41) is 10.5. The standard InChI is InChI=1S/C39H32F3N5O5/c1-21(2)23-7-9-24(10-8-23)28-17-34(39(40,41)42)46-35(43-28)18-29(44-46)38(48)47-37(26-11-13-31-33(16-26)52-20-50-31)27-5-3-4-25(36(27)45-47)14-22-6-12-30-32(15-22)51-19-49-30/h6-18,21,27,37H,3-5,19-20H2,1-2H3/b25-14+. The van der Waals surface area contributed by atoms with Crippen LogP contribution in [-0.2, 0) is 6.18 Å². The van der Waals surface area contributed by atoms with Crippen LogP contribution in [0.15, 0.2) is 83.5 Å². The average Bonchev–Trinajstić information content (AvgIpc) is 3.95. The maximum absolute atomic E-state index is 14.5. The van der Waals surface area contributed by atoms with Gasteiger partial charge in [-0.2, -0.15) is 23.4 Å². The molecule has 10 nitrogen and oxygen atoms in total. The molecule has 52 heavy (non-hydrogen) atoms. The number of amides is 1. The van der Waals surface area contributed by atoms with E-state index in [0.29, 0.717) is 33.1 Å². The van der Waals surface area contributed by atoms with Crippen molar-refractivity contribution < 1.29 is 36.9 Å². The average molecular weight is 708 g/mol. The van der Waals surface area contributed by atoms with Crippen molar-refractivity contribution in [3.8, 4) is 34.3 Å². The molecule has 0 bridgehead atoms. The van der Waals surface area contributed by atoms with Crippen molar-refractivity contribution in [1.29, 1.82) is 0 Å². The number of hydrazone groups is 1. The van der Waals surface area contributed by atoms with E-state index in [1.54, 1.807) is 18.2 Å². The summed E-state index contributed by atoms with van der Waals surface area (Å²) in [4.78, 5) is 19.0. The zero-order valence-electron chi connectivity index (χ0n) is 28.2. The molecular formula is C39H32F3N5O5. The Morgan fingerprint density at radius 2 is 1.60 bits per heavy atom. The maximum atomic E-state index is 14.5. The molecule has 0 radical (unpaired) electrons. The first kappa shape index (κ1) is 32.1. The van der Waals surface area contributed by atoms with Crippen molar-refractivity contribution in [3.05, 3.63) is 106 Å². The van der Waals surface area contributed by atoms with Gasteiger partial charge in [-0.3, -0.25) is 4.79 Å². The third-order valence-electron chi connectivity index (χ3n) is 10.00. The molecular weight excluding hydrogens is 675 g/mol. The number of aromatic nitrogens is 3. The van der Waals surface area contributed by atoms with Crippen LogP contribution in [0.1, 0.15) is 77.9 Å². The minimum atomic E-state index is -4.77. The molecule has 5 heterocycles. The van der Waals surface area contributed by atoms with Crippen LogP contribution >= 0.6 is 0 Å². The summed E-state index contributed by atoms with van der Waals surface area (Å²) >= 11 is 0. The van der Waals surface area contributed by atoms with Gasteiger partial charge in [-0.25, -0.2) is 14.5 Å². The Balaban J connectivity index is 1.13. The third kappa shape index (κ3) is 5.51. The van der Waals surface area contributed by atoms with E-state index in [1.165, 1.54) is 11.1 Å². The van der Waals surface area contributed by atoms with Crippen LogP contribution in [0.3, 0.4) is 0 Å². The summed E-state index contributed by atoms with van der Waals surface area (Å²) in [5.74, 6) is 1.88. The van der Waals surface area contributed by atoms with Crippen molar-refractivity contribution in [2.75, 3.05) is 13.6 Å². The lowest BCUT2D eigenvalue weighted by atomic mass is 9.77. The van der Waals surface area contributed by atoms with Gasteiger partial charge in [-0.05, 0) is 83.9 Å². The zero-order valence-corrected chi connectivity index (χ0v) is 28.2. The topological polar surface area (TPSA) is 99.8 Å². The molecule has 0 saturated heterocycles. The molecule has 4 aliphatic rings. The molecule has 9 rings (SSSR count). The van der Waals surface area contributed by atoms with Gasteiger partial charge >= 0.3 is 6.18 Å². The van der Waals surface area contributed by atoms with Crippen LogP contribution in [0.5, 0.6) is 23.0 Å². The van der Waals surface area contributed by atoms with Crippen LogP contribution in [0, 0.1) is 5.92 Å². The number of rotatable bonds is 5. The molecule has 5 aromatic rings. The lowest BCUT2D eigenvalue weighted by Crippen LogP contribution is -2.32. The Bertz CT molecular complexity index is 2310. The summed E-state index contributed by atoms with van der Waals surface area (Å²) in [6.45, 7) is 4.33. The largest absolute Gasteiger partial charge is 0.454 e. The second-order valence-electron chi connectivity index (χ2n) is 13.6. The molecule has 3 aliphatic heterocycles. The second kappa shape index (κ2) is 12.1. The molecule has 1 aliphatic carbocycles. The number of halogens is 3. The van der Waals surface area contributed by atoms with Gasteiger partial charge in [-0.1, -0.05) is 50.2 Å². The summed E-state index contributed by atoms with van der Waals surface area (Å²) in [6, 6.07) is 20.2. The Labute approximate surface area is 296 Å². The van der Waals surface area contributed by atoms with Gasteiger partial charge in [0.2, 0.25) is 13.6 Å². The number of carbonyl (C=O) groups excluding carboxylic acids is 1. The van der Waals surface area contributed by atoms with E-state index in [2.05, 4.69) is 10.1 Å². The Kier molecular flexibility index (Phi) is 7.49. The van der Waals surface area contributed by atoms with E-state index >= 15 is 0 Å². The quantitative estimate of drug-likeness (QED) is 0.181. The number of carbonyl (C=O) groups is 1. The van der Waals surface area contributed by atoms with Gasteiger partial charge < -0.3 is 18.9 Å². The Morgan fingerprint density at radius 1 is 0.885 bits per heavy atom. The van der Waals surface area contributed by atoms with Crippen molar-refractivity contribution in [2.24, 2.45) is 11.0 Å². The third-order valence-corrected chi connectivity index (χ3v) is 10.00. The first-order valence-electron chi connectivity index (χ1n) is 17.1. The number of benzene rings is 3. The number of fused-ring (bicyclic) bond motifs is 4. The van der Waals surface area contributed by atoms with Crippen molar-refractivity contribution in [3.63, 3.8) is 0 Å². The highest BCUT2D eigenvalue weighted by Gasteiger charge is 2.45. The fourth-order valence-corrected chi connectivity index (χ4v) is 7.39. The van der Waals surface area contributed by atoms with E-state index in [4.69, 9.17) is 24.0 Å². The second-order valence-corrected chi connectivity index (χ2v) is 13.6. The zero-order chi connectivity index (χ0) is 35.7. The van der Waals surface area contributed by atoms with Crippen LogP contribution in [0.4, 0.5) is 13.2 Å². The summed E-state index contributed by atoms with van der Waals surface area (Å²) in [5.41, 5.74) is 3.70. The highest BCUT2D eigenvalue weighted by Crippen LogP contribution is 2.47. The fourth-order valence-electron chi connectivity index (χ4n) is 7.39. The maximum Gasteiger partial charge on any atom is 0.433 e. The summed E-state index contributed by atoms with van der Waals surface area (Å²) < 4.78 is 66.6. The molecule has 264 valence electrons. The molecule has 1 fully saturated rings. The Hall–Kier alpha value is -5.85. The van der Waals surface area contributed by atoms with Crippen molar-refractivity contribution in [1.82, 2.24) is 19.6 Å². The number of hydrogen-bond acceptors (Lipinski definition) is 8. The lowest BCUT2D eigenvalue weighted by molar-refractivity contribution is -0.142. The highest BCUT2D eigenvalue weighted by molar-refractivity contribution is 6.09. The van der Waals surface area contributed by atoms with Crippen LogP contribution < -0.4 is 18.9 Å². The number of nitrogens with zero attached hydrogens (tertiary/aromatic N) is 5. The molecule has 2 atom stereocenters. The van der Waals surface area contributed by atoms with Crippen LogP contribution in [0.2, 0.25) is 0 Å². The normalized spacial score (nSPS) is 19.8. The smallest absolute Gasteiger partial charge is 0.433 e. The lowest BCUT2D eigenvalue weighted by Gasteiger charge is -2.29. The minimum absolute atomic E-state index is 0.0827. The Morgan fingerprint density at radius 3 is 2.33 bits per heavy atom. The predicted octanol–water partition coefficient (Wildman–Crippen LogP) is 8.43. The molecule has 2 aromatic heterocycles. The van der Waals surface area contributed by atoms with Gasteiger partial charge in [-0.15, -0.1) is 0 Å². The first-order chi connectivity index (χ1) is 25.1. The van der Waals surface area contributed by atoms with E-state index in [9.17, 15) is 18.0 Å². The molecule has 13 heteroatoms. The van der Waals surface area contributed by atoms with E-state index in [0.717, 1.165) is 53.3 Å². The van der Waals surface area contributed by atoms with E-state index < -0.39 is 23.8 Å². The molecule has 0 N–H and O–H groups in total. The molecule has 2 unspecified atom stereocenters. The van der Waals surface area contributed by atoms with Crippen molar-refractivity contribution >= 4 is 23.3 Å². The number of ether oxygens (including phenoxy) is 4. The van der Waals surface area contributed by atoms with Crippen LogP contribution in [-0.4, -0.2) is 44.8 Å². The van der Waals surface area contributed by atoms with E-state index in [-0.39, 0.29) is 42.5 Å². The van der Waals surface area contributed by atoms with Crippen molar-refractivity contribution in [2.45, 2.75) is 51.2 Å². The van der Waals surface area contributed by atoms with E-state index in [1.807, 2.05) is 62.4 Å². The van der Waals surface area contributed by atoms with Gasteiger partial charge in [0.05, 0.1) is 17.4 Å². The van der Waals surface area contributed by atoms with Crippen LogP contribution in [0.25, 0.3) is 23.0 Å². The highest BCUT2D eigenvalue weighted by atomic mass is 19.4. The summed E-state index contributed by atoms with van der Waals surface area (Å²) in [7, 11) is 0. The summed E-state index contributed by atoms with van der Waals surface area (Å²) in [6.07, 6.45) is -0.418. The van der Waals surface area contributed by atoms with Gasteiger partial charge in [0, 0.05) is 17.5 Å². The monoisotopic (exact) mass is 707 g/mol. The fraction of sp³-hybridized carbons (Fsp3) is 0.282. The SMILES string of the molecule is CC(C)c1ccc(-c2cc(C(F)(F)F)n3nc(C(=O)N4N=C5/C(=C/c6ccc7c(c6)OCO7)CCCC5C4c4ccc5c(c4)OCO5)cc3n2)cc1. The van der Waals surface area contributed by atoms with Gasteiger partial charge in [0.15, 0.2) is 40.0 Å². The number of allylic oxidation sites excluding steroid dienone is 1. The number of hydrogen-bond donors (Lipinski definition) is 0. The van der Waals surface area contributed by atoms with Gasteiger partial charge in [0.25, 0.3) is 5.91 Å². The first-order valence-corrected chi connectivity index (χ1v) is 17.1. The minimum Gasteiger partial charge on any atom is -0.454 e. The molecule has 0 spiro atoms. The predicted molar refractivity (Wildman–Crippen MR) is 184 cm³/mol. The molecule has 1 saturated carbocycles. The molecule has 3 aromatic carbocycles. The number of alkyl halides is 3.